The monoisotopic (exact) mass is 829 g/mol. The molecule has 0 N–H and O–H groups in total. The van der Waals surface area contributed by atoms with Gasteiger partial charge in [-0.15, -0.1) is 0 Å². The Balaban J connectivity index is 1.28. The molecule has 4 heterocycles. The Bertz CT molecular complexity index is 3650. The number of rotatable bonds is 8. The fraction of sp³-hybridized carbons (Fsp3) is 0. The minimum atomic E-state index is 0.814. The minimum absolute atomic E-state index is 0.814. The van der Waals surface area contributed by atoms with Gasteiger partial charge in [0.15, 0.2) is 0 Å². The van der Waals surface area contributed by atoms with Crippen molar-refractivity contribution in [3.8, 4) is 56.4 Å². The summed E-state index contributed by atoms with van der Waals surface area (Å²) in [6.45, 7) is 0. The lowest BCUT2D eigenvalue weighted by molar-refractivity contribution is 1.25. The fourth-order valence-corrected chi connectivity index (χ4v) is 9.54. The summed E-state index contributed by atoms with van der Waals surface area (Å²) in [5.41, 5.74) is 12.7. The molecule has 65 heavy (non-hydrogen) atoms. The van der Waals surface area contributed by atoms with Crippen LogP contribution >= 0.6 is 0 Å². The summed E-state index contributed by atoms with van der Waals surface area (Å²) >= 11 is 0. The molecule has 0 radical (unpaired) electrons. The van der Waals surface area contributed by atoms with Gasteiger partial charge in [-0.2, -0.15) is 0 Å². The Morgan fingerprint density at radius 2 is 0.662 bits per heavy atom. The minimum Gasteiger partial charge on any atom is -0.309 e. The molecule has 0 amide bonds. The molecule has 0 aliphatic carbocycles. The van der Waals surface area contributed by atoms with Crippen LogP contribution in [-0.2, 0) is 0 Å². The zero-order chi connectivity index (χ0) is 43.1. The molecule has 5 nitrogen and oxygen atoms in total. The van der Waals surface area contributed by atoms with Crippen molar-refractivity contribution in [3.63, 3.8) is 0 Å². The van der Waals surface area contributed by atoms with Crippen LogP contribution in [0.3, 0.4) is 0 Å². The van der Waals surface area contributed by atoms with Crippen LogP contribution in [0.4, 0.5) is 17.1 Å². The zero-order valence-electron chi connectivity index (χ0n) is 35.3. The van der Waals surface area contributed by atoms with Gasteiger partial charge >= 0.3 is 0 Å². The Kier molecular flexibility index (Phi) is 9.42. The third-order valence-corrected chi connectivity index (χ3v) is 12.3. The van der Waals surface area contributed by atoms with Crippen molar-refractivity contribution in [1.29, 1.82) is 0 Å². The lowest BCUT2D eigenvalue weighted by Gasteiger charge is -2.31. The fourth-order valence-electron chi connectivity index (χ4n) is 9.54. The number of aromatic nitrogens is 4. The predicted octanol–water partition coefficient (Wildman–Crippen LogP) is 15.7. The molecular formula is C60H39N5. The molecule has 0 spiro atoms. The molecule has 304 valence electrons. The van der Waals surface area contributed by atoms with E-state index in [4.69, 9.17) is 19.9 Å². The number of benzene rings is 8. The van der Waals surface area contributed by atoms with Crippen LogP contribution < -0.4 is 4.90 Å². The number of hydrogen-bond acceptors (Lipinski definition) is 5. The molecule has 12 rings (SSSR count). The number of nitrogens with zero attached hydrogens (tertiary/aromatic N) is 5. The maximum absolute atomic E-state index is 5.41. The van der Waals surface area contributed by atoms with E-state index in [1.807, 2.05) is 60.9 Å². The lowest BCUT2D eigenvalue weighted by atomic mass is 9.84. The highest BCUT2D eigenvalue weighted by atomic mass is 15.1. The average molecular weight is 830 g/mol. The van der Waals surface area contributed by atoms with E-state index in [1.165, 1.54) is 0 Å². The van der Waals surface area contributed by atoms with E-state index < -0.39 is 0 Å². The molecule has 0 bridgehead atoms. The topological polar surface area (TPSA) is 54.8 Å². The molecular weight excluding hydrogens is 791 g/mol. The first kappa shape index (κ1) is 37.9. The quantitative estimate of drug-likeness (QED) is 0.113. The SMILES string of the molecule is c1ccc(-c2c(N(c3ccccc3)c3ccccc3)c3ccccc3c3cc4c(-c5cccc(-c6ccccn6)n5)c5ccccc5c(-c5cccc(-c6ccccn6)n5)c4cc23)cc1. The molecule has 4 aromatic heterocycles. The van der Waals surface area contributed by atoms with Crippen molar-refractivity contribution < 1.29 is 0 Å². The van der Waals surface area contributed by atoms with Gasteiger partial charge in [0.05, 0.1) is 39.9 Å². The van der Waals surface area contributed by atoms with Crippen LogP contribution in [0.5, 0.6) is 0 Å². The Morgan fingerprint density at radius 3 is 1.17 bits per heavy atom. The van der Waals surface area contributed by atoms with Crippen molar-refractivity contribution in [2.45, 2.75) is 0 Å². The van der Waals surface area contributed by atoms with Crippen LogP contribution in [-0.4, -0.2) is 19.9 Å². The van der Waals surface area contributed by atoms with Crippen LogP contribution in [0.1, 0.15) is 0 Å². The highest BCUT2D eigenvalue weighted by Gasteiger charge is 2.26. The van der Waals surface area contributed by atoms with E-state index >= 15 is 0 Å². The summed E-state index contributed by atoms with van der Waals surface area (Å²) in [6, 6.07) is 79.2. The Morgan fingerprint density at radius 1 is 0.262 bits per heavy atom. The first-order chi connectivity index (χ1) is 32.3. The molecule has 0 atom stereocenters. The normalized spacial score (nSPS) is 11.4. The highest BCUT2D eigenvalue weighted by Crippen LogP contribution is 2.52. The average Bonchev–Trinajstić information content (AvgIpc) is 3.39. The first-order valence-corrected chi connectivity index (χ1v) is 21.9. The van der Waals surface area contributed by atoms with Crippen molar-refractivity contribution in [1.82, 2.24) is 19.9 Å². The second kappa shape index (κ2) is 16.2. The van der Waals surface area contributed by atoms with Gasteiger partial charge in [0.25, 0.3) is 0 Å². The smallest absolute Gasteiger partial charge is 0.0893 e. The zero-order valence-corrected chi connectivity index (χ0v) is 35.3. The molecule has 12 aromatic rings. The van der Waals surface area contributed by atoms with Crippen LogP contribution in [0.2, 0.25) is 0 Å². The summed E-state index contributed by atoms with van der Waals surface area (Å²) in [4.78, 5) is 22.6. The summed E-state index contributed by atoms with van der Waals surface area (Å²) in [7, 11) is 0. The van der Waals surface area contributed by atoms with Gasteiger partial charge in [-0.3, -0.25) is 9.97 Å². The molecule has 8 aromatic carbocycles. The standard InChI is InChI=1S/C60H39N5/c1-4-20-40(21-5-1)57-48-39-50-49(38-47(48)43-26-10-13-29-46(43)60(57)65(41-22-6-2-7-23-41)42-24-8-3-9-25-42)58(55-34-18-32-53(63-55)51-30-14-16-36-61-51)44-27-11-12-28-45(44)59(50)56-35-19-33-54(64-56)52-31-15-17-37-62-52/h1-39H. The number of para-hydroxylation sites is 2. The summed E-state index contributed by atoms with van der Waals surface area (Å²) in [5.74, 6) is 0. The van der Waals surface area contributed by atoms with Crippen molar-refractivity contribution in [3.05, 3.63) is 237 Å². The largest absolute Gasteiger partial charge is 0.309 e. The molecule has 0 aliphatic heterocycles. The van der Waals surface area contributed by atoms with E-state index in [0.29, 0.717) is 0 Å². The molecule has 0 aliphatic rings. The number of pyridine rings is 4. The van der Waals surface area contributed by atoms with E-state index in [0.717, 1.165) is 117 Å². The maximum atomic E-state index is 5.41. The van der Waals surface area contributed by atoms with E-state index in [2.05, 4.69) is 181 Å². The maximum Gasteiger partial charge on any atom is 0.0893 e. The highest BCUT2D eigenvalue weighted by molar-refractivity contribution is 6.29. The number of fused-ring (bicyclic) bond motifs is 5. The first-order valence-electron chi connectivity index (χ1n) is 21.9. The van der Waals surface area contributed by atoms with Gasteiger partial charge < -0.3 is 4.90 Å². The predicted molar refractivity (Wildman–Crippen MR) is 270 cm³/mol. The molecule has 0 unspecified atom stereocenters. The van der Waals surface area contributed by atoms with Gasteiger partial charge in [-0.05, 0) is 128 Å². The van der Waals surface area contributed by atoms with Gasteiger partial charge in [-0.1, -0.05) is 140 Å². The summed E-state index contributed by atoms with van der Waals surface area (Å²) in [5, 5.41) is 8.92. The van der Waals surface area contributed by atoms with E-state index in [1.54, 1.807) is 0 Å². The summed E-state index contributed by atoms with van der Waals surface area (Å²) < 4.78 is 0. The second-order valence-corrected chi connectivity index (χ2v) is 16.1. The molecule has 0 saturated heterocycles. The van der Waals surface area contributed by atoms with Crippen LogP contribution in [0, 0.1) is 0 Å². The number of hydrogen-bond donors (Lipinski definition) is 0. The number of anilines is 3. The third kappa shape index (κ3) is 6.66. The summed E-state index contributed by atoms with van der Waals surface area (Å²) in [6.07, 6.45) is 3.64. The van der Waals surface area contributed by atoms with Gasteiger partial charge in [-0.25, -0.2) is 9.97 Å². The molecule has 5 heteroatoms. The van der Waals surface area contributed by atoms with E-state index in [-0.39, 0.29) is 0 Å². The molecule has 0 saturated carbocycles. The van der Waals surface area contributed by atoms with Crippen LogP contribution in [0.15, 0.2) is 237 Å². The Labute approximate surface area is 376 Å². The third-order valence-electron chi connectivity index (χ3n) is 12.3. The van der Waals surface area contributed by atoms with Crippen molar-refractivity contribution >= 4 is 60.2 Å². The van der Waals surface area contributed by atoms with Crippen molar-refractivity contribution in [2.75, 3.05) is 4.90 Å². The van der Waals surface area contributed by atoms with Crippen molar-refractivity contribution in [2.24, 2.45) is 0 Å². The van der Waals surface area contributed by atoms with Gasteiger partial charge in [0.2, 0.25) is 0 Å². The van der Waals surface area contributed by atoms with E-state index in [9.17, 15) is 0 Å². The Hall–Kier alpha value is -8.80. The second-order valence-electron chi connectivity index (χ2n) is 16.1. The van der Waals surface area contributed by atoms with Crippen LogP contribution in [0.25, 0.3) is 99.5 Å². The van der Waals surface area contributed by atoms with Gasteiger partial charge in [0.1, 0.15) is 0 Å². The molecule has 0 fully saturated rings. The van der Waals surface area contributed by atoms with Gasteiger partial charge in [0, 0.05) is 45.8 Å². The lowest BCUT2D eigenvalue weighted by Crippen LogP contribution is -2.12.